The molecule has 9 heteroatoms. The summed E-state index contributed by atoms with van der Waals surface area (Å²) in [6.07, 6.45) is 1.38. The van der Waals surface area contributed by atoms with Gasteiger partial charge in [0.2, 0.25) is 0 Å². The van der Waals surface area contributed by atoms with Crippen molar-refractivity contribution in [3.63, 3.8) is 0 Å². The molecule has 1 N–H and O–H groups in total. The van der Waals surface area contributed by atoms with Crippen LogP contribution in [0.5, 0.6) is 0 Å². The van der Waals surface area contributed by atoms with Crippen LogP contribution in [0.15, 0.2) is 36.5 Å². The lowest BCUT2D eigenvalue weighted by Crippen LogP contribution is -2.33. The van der Waals surface area contributed by atoms with Crippen LogP contribution in [0, 0.1) is 10.1 Å². The number of nitro groups is 1. The number of nitrogens with zero attached hydrogens (tertiary/aromatic N) is 4. The molecule has 0 aliphatic heterocycles. The number of amides is 1. The van der Waals surface area contributed by atoms with E-state index in [0.29, 0.717) is 12.2 Å². The predicted octanol–water partition coefficient (Wildman–Crippen LogP) is 1.72. The summed E-state index contributed by atoms with van der Waals surface area (Å²) in [6.45, 7) is 2.20. The Labute approximate surface area is 137 Å². The number of nitro benzene ring substituents is 1. The number of aromatic nitrogens is 2. The lowest BCUT2D eigenvalue weighted by molar-refractivity contribution is -0.384. The van der Waals surface area contributed by atoms with Crippen molar-refractivity contribution in [2.45, 2.75) is 13.3 Å². The van der Waals surface area contributed by atoms with Crippen LogP contribution in [-0.2, 0) is 4.79 Å². The molecule has 0 spiro atoms. The van der Waals surface area contributed by atoms with Gasteiger partial charge in [0.15, 0.2) is 5.69 Å². The zero-order valence-electron chi connectivity index (χ0n) is 13.0. The Morgan fingerprint density at radius 2 is 2.12 bits per heavy atom. The summed E-state index contributed by atoms with van der Waals surface area (Å²) in [5.74, 6) is -1.37. The third-order valence-electron chi connectivity index (χ3n) is 3.38. The number of rotatable bonds is 7. The van der Waals surface area contributed by atoms with E-state index in [4.69, 9.17) is 5.11 Å². The second-order valence-corrected chi connectivity index (χ2v) is 4.95. The Hall–Kier alpha value is -3.23. The van der Waals surface area contributed by atoms with E-state index in [2.05, 4.69) is 5.10 Å². The molecule has 1 aromatic heterocycles. The molecule has 2 rings (SSSR count). The standard InChI is InChI=1S/C15H16N4O5/c1-2-17(8-7-14(20)21)15(22)13-6-9-18(16-13)11-4-3-5-12(10-11)19(23)24/h3-6,9-10H,2,7-8H2,1H3,(H,20,21). The Bertz CT molecular complexity index is 771. The zero-order valence-corrected chi connectivity index (χ0v) is 13.0. The highest BCUT2D eigenvalue weighted by Crippen LogP contribution is 2.16. The van der Waals surface area contributed by atoms with Gasteiger partial charge in [0, 0.05) is 31.4 Å². The molecule has 1 aromatic carbocycles. The molecule has 0 radical (unpaired) electrons. The molecule has 1 heterocycles. The SMILES string of the molecule is CCN(CCC(=O)O)C(=O)c1ccn(-c2cccc([N+](=O)[O-])c2)n1. The highest BCUT2D eigenvalue weighted by atomic mass is 16.6. The Morgan fingerprint density at radius 1 is 1.38 bits per heavy atom. The molecular formula is C15H16N4O5. The summed E-state index contributed by atoms with van der Waals surface area (Å²) in [5, 5.41) is 23.7. The first-order valence-corrected chi connectivity index (χ1v) is 7.24. The monoisotopic (exact) mass is 332 g/mol. The van der Waals surface area contributed by atoms with Crippen LogP contribution in [0.3, 0.4) is 0 Å². The van der Waals surface area contributed by atoms with Crippen LogP contribution in [0.4, 0.5) is 5.69 Å². The van der Waals surface area contributed by atoms with Gasteiger partial charge in [0.1, 0.15) is 0 Å². The lowest BCUT2D eigenvalue weighted by Gasteiger charge is -2.18. The van der Waals surface area contributed by atoms with Crippen molar-refractivity contribution in [3.8, 4) is 5.69 Å². The summed E-state index contributed by atoms with van der Waals surface area (Å²) >= 11 is 0. The minimum absolute atomic E-state index is 0.0764. The predicted molar refractivity (Wildman–Crippen MR) is 84.0 cm³/mol. The molecule has 0 unspecified atom stereocenters. The average molecular weight is 332 g/mol. The fourth-order valence-electron chi connectivity index (χ4n) is 2.13. The summed E-state index contributed by atoms with van der Waals surface area (Å²) < 4.78 is 1.37. The topological polar surface area (TPSA) is 119 Å². The molecule has 0 aliphatic carbocycles. The number of non-ortho nitro benzene ring substituents is 1. The van der Waals surface area contributed by atoms with E-state index in [-0.39, 0.29) is 30.3 Å². The normalized spacial score (nSPS) is 10.4. The van der Waals surface area contributed by atoms with Gasteiger partial charge in [-0.1, -0.05) is 6.07 Å². The second kappa shape index (κ2) is 7.36. The number of hydrogen-bond donors (Lipinski definition) is 1. The van der Waals surface area contributed by atoms with Crippen molar-refractivity contribution in [2.75, 3.05) is 13.1 Å². The first-order valence-electron chi connectivity index (χ1n) is 7.24. The van der Waals surface area contributed by atoms with E-state index in [1.807, 2.05) is 0 Å². The third-order valence-corrected chi connectivity index (χ3v) is 3.38. The summed E-state index contributed by atoms with van der Waals surface area (Å²) in [5.41, 5.74) is 0.526. The maximum absolute atomic E-state index is 12.4. The number of carboxylic acids is 1. The Balaban J connectivity index is 2.20. The maximum Gasteiger partial charge on any atom is 0.305 e. The van der Waals surface area contributed by atoms with Gasteiger partial charge in [-0.2, -0.15) is 5.10 Å². The molecule has 0 saturated carbocycles. The van der Waals surface area contributed by atoms with E-state index in [9.17, 15) is 19.7 Å². The van der Waals surface area contributed by atoms with E-state index in [0.717, 1.165) is 0 Å². The molecule has 0 atom stereocenters. The minimum atomic E-state index is -0.983. The molecule has 0 bridgehead atoms. The van der Waals surface area contributed by atoms with E-state index in [1.54, 1.807) is 13.0 Å². The van der Waals surface area contributed by atoms with Gasteiger partial charge in [0.05, 0.1) is 17.0 Å². The van der Waals surface area contributed by atoms with Crippen LogP contribution in [-0.4, -0.2) is 49.7 Å². The summed E-state index contributed by atoms with van der Waals surface area (Å²) in [6, 6.07) is 7.37. The van der Waals surface area contributed by atoms with Gasteiger partial charge in [0.25, 0.3) is 11.6 Å². The van der Waals surface area contributed by atoms with Crippen LogP contribution in [0.25, 0.3) is 5.69 Å². The fraction of sp³-hybridized carbons (Fsp3) is 0.267. The van der Waals surface area contributed by atoms with Gasteiger partial charge in [-0.3, -0.25) is 19.7 Å². The van der Waals surface area contributed by atoms with Gasteiger partial charge < -0.3 is 10.0 Å². The molecule has 2 aromatic rings. The van der Waals surface area contributed by atoms with Crippen LogP contribution < -0.4 is 0 Å². The first kappa shape index (κ1) is 17.1. The molecule has 1 amide bonds. The van der Waals surface area contributed by atoms with Crippen LogP contribution >= 0.6 is 0 Å². The number of carbonyl (C=O) groups is 2. The lowest BCUT2D eigenvalue weighted by atomic mass is 10.3. The molecule has 24 heavy (non-hydrogen) atoms. The van der Waals surface area contributed by atoms with Crippen LogP contribution in [0.2, 0.25) is 0 Å². The van der Waals surface area contributed by atoms with Crippen molar-refractivity contribution in [3.05, 3.63) is 52.3 Å². The molecule has 0 aliphatic rings. The largest absolute Gasteiger partial charge is 0.481 e. The maximum atomic E-state index is 12.4. The van der Waals surface area contributed by atoms with Crippen molar-refractivity contribution < 1.29 is 19.6 Å². The van der Waals surface area contributed by atoms with Gasteiger partial charge >= 0.3 is 5.97 Å². The van der Waals surface area contributed by atoms with Crippen molar-refractivity contribution >= 4 is 17.6 Å². The second-order valence-electron chi connectivity index (χ2n) is 4.95. The Morgan fingerprint density at radius 3 is 2.75 bits per heavy atom. The molecular weight excluding hydrogens is 316 g/mol. The molecule has 126 valence electrons. The van der Waals surface area contributed by atoms with Crippen molar-refractivity contribution in [1.82, 2.24) is 14.7 Å². The third kappa shape index (κ3) is 3.94. The Kier molecular flexibility index (Phi) is 5.25. The van der Waals surface area contributed by atoms with Crippen molar-refractivity contribution in [1.29, 1.82) is 0 Å². The number of aliphatic carboxylic acids is 1. The average Bonchev–Trinajstić information content (AvgIpc) is 3.05. The van der Waals surface area contributed by atoms with E-state index in [1.165, 1.54) is 40.0 Å². The number of benzene rings is 1. The zero-order chi connectivity index (χ0) is 17.7. The number of hydrogen-bond acceptors (Lipinski definition) is 5. The van der Waals surface area contributed by atoms with E-state index >= 15 is 0 Å². The van der Waals surface area contributed by atoms with Gasteiger partial charge in [-0.25, -0.2) is 4.68 Å². The molecule has 0 fully saturated rings. The highest BCUT2D eigenvalue weighted by molar-refractivity contribution is 5.92. The quantitative estimate of drug-likeness (QED) is 0.609. The molecule has 0 saturated heterocycles. The number of carboxylic acid groups (broad SMARTS) is 1. The first-order chi connectivity index (χ1) is 11.4. The molecule has 9 nitrogen and oxygen atoms in total. The minimum Gasteiger partial charge on any atom is -0.481 e. The van der Waals surface area contributed by atoms with Gasteiger partial charge in [-0.15, -0.1) is 0 Å². The summed E-state index contributed by atoms with van der Waals surface area (Å²) in [7, 11) is 0. The van der Waals surface area contributed by atoms with E-state index < -0.39 is 10.9 Å². The smallest absolute Gasteiger partial charge is 0.305 e. The van der Waals surface area contributed by atoms with Gasteiger partial charge in [-0.05, 0) is 19.1 Å². The summed E-state index contributed by atoms with van der Waals surface area (Å²) in [4.78, 5) is 34.7. The van der Waals surface area contributed by atoms with Crippen molar-refractivity contribution in [2.24, 2.45) is 0 Å². The van der Waals surface area contributed by atoms with Crippen LogP contribution in [0.1, 0.15) is 23.8 Å². The highest BCUT2D eigenvalue weighted by Gasteiger charge is 2.18. The number of carbonyl (C=O) groups excluding carboxylic acids is 1. The fourth-order valence-corrected chi connectivity index (χ4v) is 2.13.